The highest BCUT2D eigenvalue weighted by molar-refractivity contribution is 7.10. The maximum absolute atomic E-state index is 13.4. The summed E-state index contributed by atoms with van der Waals surface area (Å²) in [5.41, 5.74) is 2.10. The lowest BCUT2D eigenvalue weighted by molar-refractivity contribution is -0.141. The first-order valence-corrected chi connectivity index (χ1v) is 12.0. The number of thiophene rings is 1. The van der Waals surface area contributed by atoms with Crippen LogP contribution in [0.4, 0.5) is 4.79 Å². The molecule has 0 bridgehead atoms. The summed E-state index contributed by atoms with van der Waals surface area (Å²) in [6.45, 7) is 4.58. The fourth-order valence-corrected chi connectivity index (χ4v) is 4.87. The standard InChI is InChI=1S/C23H28ClN3O4S/c1-3-11-26(23(30)25-14-21(29)31-4-2)15-20(28)27-12-9-19-18(10-13-32-19)22(27)16-5-7-17(24)8-6-16/h5-8,10,13,22H,3-4,9,11-12,14-15H2,1-2H3,(H,25,30). The Labute approximate surface area is 197 Å². The molecule has 0 spiro atoms. The van der Waals surface area contributed by atoms with Gasteiger partial charge in [-0.3, -0.25) is 9.59 Å². The second-order valence-corrected chi connectivity index (χ2v) is 8.91. The third kappa shape index (κ3) is 5.81. The van der Waals surface area contributed by atoms with E-state index < -0.39 is 12.0 Å². The number of hydrogen-bond acceptors (Lipinski definition) is 5. The molecule has 1 aromatic carbocycles. The van der Waals surface area contributed by atoms with Crippen molar-refractivity contribution in [1.29, 1.82) is 0 Å². The Morgan fingerprint density at radius 2 is 1.97 bits per heavy atom. The monoisotopic (exact) mass is 477 g/mol. The highest BCUT2D eigenvalue weighted by atomic mass is 35.5. The molecular weight excluding hydrogens is 450 g/mol. The minimum absolute atomic E-state index is 0.0634. The first kappa shape index (κ1) is 24.1. The van der Waals surface area contributed by atoms with Crippen molar-refractivity contribution in [2.45, 2.75) is 32.7 Å². The van der Waals surface area contributed by atoms with Crippen LogP contribution in [-0.2, 0) is 20.7 Å². The first-order valence-electron chi connectivity index (χ1n) is 10.7. The summed E-state index contributed by atoms with van der Waals surface area (Å²) in [5, 5.41) is 5.24. The van der Waals surface area contributed by atoms with E-state index in [1.807, 2.05) is 41.5 Å². The third-order valence-corrected chi connectivity index (χ3v) is 6.52. The number of nitrogens with one attached hydrogen (secondary N) is 1. The summed E-state index contributed by atoms with van der Waals surface area (Å²) in [7, 11) is 0. The number of rotatable bonds is 8. The minimum atomic E-state index is -0.507. The second-order valence-electron chi connectivity index (χ2n) is 7.48. The van der Waals surface area contributed by atoms with E-state index in [0.717, 1.165) is 17.5 Å². The number of hydrogen-bond donors (Lipinski definition) is 1. The molecular formula is C23H28ClN3O4S. The number of ether oxygens (including phenoxy) is 1. The molecule has 0 fully saturated rings. The van der Waals surface area contributed by atoms with Crippen molar-refractivity contribution in [2.75, 3.05) is 32.8 Å². The predicted octanol–water partition coefficient (Wildman–Crippen LogP) is 3.86. The highest BCUT2D eigenvalue weighted by Crippen LogP contribution is 2.38. The van der Waals surface area contributed by atoms with E-state index in [1.54, 1.807) is 18.3 Å². The Morgan fingerprint density at radius 3 is 2.66 bits per heavy atom. The van der Waals surface area contributed by atoms with E-state index >= 15 is 0 Å². The number of benzene rings is 1. The summed E-state index contributed by atoms with van der Waals surface area (Å²) in [4.78, 5) is 42.2. The molecule has 1 aliphatic rings. The maximum Gasteiger partial charge on any atom is 0.325 e. The zero-order valence-electron chi connectivity index (χ0n) is 18.3. The van der Waals surface area contributed by atoms with E-state index in [0.29, 0.717) is 24.5 Å². The third-order valence-electron chi connectivity index (χ3n) is 5.27. The lowest BCUT2D eigenvalue weighted by atomic mass is 9.93. The molecule has 7 nitrogen and oxygen atoms in total. The van der Waals surface area contributed by atoms with Crippen LogP contribution in [0.2, 0.25) is 5.02 Å². The van der Waals surface area contributed by atoms with Gasteiger partial charge in [-0.15, -0.1) is 11.3 Å². The van der Waals surface area contributed by atoms with Gasteiger partial charge in [0.1, 0.15) is 13.1 Å². The normalized spacial score (nSPS) is 15.1. The van der Waals surface area contributed by atoms with Crippen LogP contribution >= 0.6 is 22.9 Å². The molecule has 0 radical (unpaired) electrons. The molecule has 0 saturated carbocycles. The molecule has 172 valence electrons. The largest absolute Gasteiger partial charge is 0.465 e. The molecule has 2 aromatic rings. The van der Waals surface area contributed by atoms with Crippen molar-refractivity contribution in [3.05, 3.63) is 56.7 Å². The SMILES string of the molecule is CCCN(CC(=O)N1CCc2sccc2C1c1ccc(Cl)cc1)C(=O)NCC(=O)OCC. The molecule has 2 heterocycles. The second kappa shape index (κ2) is 11.3. The molecule has 0 aliphatic carbocycles. The van der Waals surface area contributed by atoms with Gasteiger partial charge in [-0.2, -0.15) is 0 Å². The lowest BCUT2D eigenvalue weighted by Crippen LogP contribution is -2.50. The van der Waals surface area contributed by atoms with Crippen LogP contribution in [-0.4, -0.2) is 60.5 Å². The molecule has 1 N–H and O–H groups in total. The topological polar surface area (TPSA) is 79.0 Å². The van der Waals surface area contributed by atoms with Gasteiger partial charge in [0.2, 0.25) is 5.91 Å². The average Bonchev–Trinajstić information content (AvgIpc) is 3.26. The number of halogens is 1. The minimum Gasteiger partial charge on any atom is -0.465 e. The van der Waals surface area contributed by atoms with Gasteiger partial charge in [0.15, 0.2) is 0 Å². The molecule has 1 aliphatic heterocycles. The van der Waals surface area contributed by atoms with E-state index in [4.69, 9.17) is 16.3 Å². The number of amides is 3. The van der Waals surface area contributed by atoms with Gasteiger partial charge in [0, 0.05) is 23.0 Å². The van der Waals surface area contributed by atoms with Crippen LogP contribution in [0.3, 0.4) is 0 Å². The molecule has 3 amide bonds. The lowest BCUT2D eigenvalue weighted by Gasteiger charge is -2.37. The Bertz CT molecular complexity index is 947. The van der Waals surface area contributed by atoms with Gasteiger partial charge in [-0.05, 0) is 54.5 Å². The van der Waals surface area contributed by atoms with Crippen molar-refractivity contribution in [3.63, 3.8) is 0 Å². The Kier molecular flexibility index (Phi) is 8.53. The molecule has 9 heteroatoms. The van der Waals surface area contributed by atoms with Crippen molar-refractivity contribution >= 4 is 40.8 Å². The number of carbonyl (C=O) groups excluding carboxylic acids is 3. The molecule has 1 atom stereocenters. The van der Waals surface area contributed by atoms with Gasteiger partial charge in [-0.1, -0.05) is 30.7 Å². The van der Waals surface area contributed by atoms with Crippen LogP contribution in [0.25, 0.3) is 0 Å². The molecule has 1 aromatic heterocycles. The number of urea groups is 1. The van der Waals surface area contributed by atoms with Gasteiger partial charge < -0.3 is 19.9 Å². The first-order chi connectivity index (χ1) is 15.4. The zero-order valence-corrected chi connectivity index (χ0v) is 19.9. The fourth-order valence-electron chi connectivity index (χ4n) is 3.84. The fraction of sp³-hybridized carbons (Fsp3) is 0.435. The van der Waals surface area contributed by atoms with Crippen LogP contribution in [0.15, 0.2) is 35.7 Å². The predicted molar refractivity (Wildman–Crippen MR) is 125 cm³/mol. The number of nitrogens with zero attached hydrogens (tertiary/aromatic N) is 2. The van der Waals surface area contributed by atoms with Crippen molar-refractivity contribution < 1.29 is 19.1 Å². The molecule has 32 heavy (non-hydrogen) atoms. The van der Waals surface area contributed by atoms with E-state index in [9.17, 15) is 14.4 Å². The Balaban J connectivity index is 1.76. The van der Waals surface area contributed by atoms with E-state index in [-0.39, 0.29) is 31.6 Å². The summed E-state index contributed by atoms with van der Waals surface area (Å²) < 4.78 is 4.85. The zero-order chi connectivity index (χ0) is 23.1. The Morgan fingerprint density at radius 1 is 1.22 bits per heavy atom. The van der Waals surface area contributed by atoms with E-state index in [1.165, 1.54) is 9.78 Å². The van der Waals surface area contributed by atoms with Gasteiger partial charge >= 0.3 is 12.0 Å². The van der Waals surface area contributed by atoms with Gasteiger partial charge in [0.25, 0.3) is 0 Å². The average molecular weight is 478 g/mol. The maximum atomic E-state index is 13.4. The molecule has 3 rings (SSSR count). The van der Waals surface area contributed by atoms with Gasteiger partial charge in [-0.25, -0.2) is 4.79 Å². The molecule has 1 unspecified atom stereocenters. The number of fused-ring (bicyclic) bond motifs is 1. The summed E-state index contributed by atoms with van der Waals surface area (Å²) in [6, 6.07) is 8.92. The summed E-state index contributed by atoms with van der Waals surface area (Å²) in [6.07, 6.45) is 1.47. The van der Waals surface area contributed by atoms with Crippen molar-refractivity contribution in [1.82, 2.24) is 15.1 Å². The highest BCUT2D eigenvalue weighted by Gasteiger charge is 2.34. The van der Waals surface area contributed by atoms with E-state index in [2.05, 4.69) is 11.4 Å². The van der Waals surface area contributed by atoms with Crippen LogP contribution in [0.5, 0.6) is 0 Å². The van der Waals surface area contributed by atoms with Crippen LogP contribution in [0, 0.1) is 0 Å². The summed E-state index contributed by atoms with van der Waals surface area (Å²) in [5.74, 6) is -0.644. The number of carbonyl (C=O) groups is 3. The van der Waals surface area contributed by atoms with Crippen molar-refractivity contribution in [2.24, 2.45) is 0 Å². The van der Waals surface area contributed by atoms with Crippen LogP contribution in [0.1, 0.15) is 42.3 Å². The quantitative estimate of drug-likeness (QED) is 0.585. The number of esters is 1. The summed E-state index contributed by atoms with van der Waals surface area (Å²) >= 11 is 7.77. The molecule has 0 saturated heterocycles. The smallest absolute Gasteiger partial charge is 0.325 e. The van der Waals surface area contributed by atoms with Crippen LogP contribution < -0.4 is 5.32 Å². The Hall–Kier alpha value is -2.58. The van der Waals surface area contributed by atoms with Gasteiger partial charge in [0.05, 0.1) is 12.6 Å². The van der Waals surface area contributed by atoms with Crippen molar-refractivity contribution in [3.8, 4) is 0 Å².